The van der Waals surface area contributed by atoms with E-state index in [0.717, 1.165) is 61.2 Å². The number of aliphatic carboxylic acids is 1. The molecule has 0 spiro atoms. The van der Waals surface area contributed by atoms with Crippen LogP contribution < -0.4 is 10.1 Å². The lowest BCUT2D eigenvalue weighted by Crippen LogP contribution is -2.37. The van der Waals surface area contributed by atoms with E-state index in [0.29, 0.717) is 38.3 Å². The number of nitrogens with zero attached hydrogens (tertiary/aromatic N) is 1. The van der Waals surface area contributed by atoms with E-state index >= 15 is 0 Å². The molecule has 222 valence electrons. The lowest BCUT2D eigenvalue weighted by Gasteiger charge is -2.32. The summed E-state index contributed by atoms with van der Waals surface area (Å²) in [6.45, 7) is 3.81. The van der Waals surface area contributed by atoms with Gasteiger partial charge in [-0.3, -0.25) is 14.6 Å². The fourth-order valence-corrected chi connectivity index (χ4v) is 5.41. The number of carboxylic acid groups (broad SMARTS) is 1. The van der Waals surface area contributed by atoms with Crippen molar-refractivity contribution in [2.75, 3.05) is 18.5 Å². The van der Waals surface area contributed by atoms with Gasteiger partial charge in [-0.05, 0) is 92.6 Å². The molecule has 0 aliphatic heterocycles. The molecule has 1 aliphatic carbocycles. The van der Waals surface area contributed by atoms with Crippen molar-refractivity contribution in [3.63, 3.8) is 0 Å². The molecule has 7 heteroatoms. The summed E-state index contributed by atoms with van der Waals surface area (Å²) in [6, 6.07) is 21.7. The minimum absolute atomic E-state index is 0.00390. The zero-order chi connectivity index (χ0) is 29.6. The summed E-state index contributed by atoms with van der Waals surface area (Å²) >= 11 is 0. The number of unbranched alkanes of at least 4 members (excludes halogenated alkanes) is 1. The number of carbonyl (C=O) groups excluding carboxylic acids is 1. The highest BCUT2D eigenvalue weighted by Gasteiger charge is 2.41. The number of carboxylic acids is 1. The van der Waals surface area contributed by atoms with Gasteiger partial charge in [0.2, 0.25) is 5.91 Å². The molecule has 4 rings (SSSR count). The van der Waals surface area contributed by atoms with Gasteiger partial charge in [0.05, 0.1) is 30.0 Å². The summed E-state index contributed by atoms with van der Waals surface area (Å²) in [5.74, 6) is -0.214. The van der Waals surface area contributed by atoms with Crippen molar-refractivity contribution in [2.24, 2.45) is 5.41 Å². The number of pyridine rings is 1. The Morgan fingerprint density at radius 3 is 2.52 bits per heavy atom. The predicted octanol–water partition coefficient (Wildman–Crippen LogP) is 7.55. The molecular formula is C35H42N2O5. The van der Waals surface area contributed by atoms with Crippen molar-refractivity contribution in [2.45, 2.75) is 71.3 Å². The predicted molar refractivity (Wildman–Crippen MR) is 166 cm³/mol. The number of nitrogens with one attached hydrogen (secondary N) is 1. The Bertz CT molecular complexity index is 1330. The number of benzene rings is 2. The molecule has 1 aromatic heterocycles. The molecular weight excluding hydrogens is 528 g/mol. The summed E-state index contributed by atoms with van der Waals surface area (Å²) in [4.78, 5) is 29.4. The maximum absolute atomic E-state index is 12.7. The highest BCUT2D eigenvalue weighted by atomic mass is 16.5. The Morgan fingerprint density at radius 1 is 0.976 bits per heavy atom. The Balaban J connectivity index is 1.21. The van der Waals surface area contributed by atoms with Crippen LogP contribution in [0.5, 0.6) is 5.75 Å². The standard InChI is InChI=1S/C35H42N2O5/c1-2-42-32-19-16-27(17-20-32)10-4-7-23-41-26-31-14-9-12-29(36-31)18-15-28-11-8-13-30(24-28)37-33(38)25-35(34(39)40)21-5-3-6-22-35/h8-9,11-20,24H,2-7,10,21-23,25-26H2,1H3,(H,37,38)(H,39,40)/b18-15+. The lowest BCUT2D eigenvalue weighted by molar-refractivity contribution is -0.153. The van der Waals surface area contributed by atoms with Gasteiger partial charge < -0.3 is 19.9 Å². The van der Waals surface area contributed by atoms with Gasteiger partial charge in [0.1, 0.15) is 5.75 Å². The van der Waals surface area contributed by atoms with Gasteiger partial charge in [-0.2, -0.15) is 0 Å². The van der Waals surface area contributed by atoms with Crippen molar-refractivity contribution < 1.29 is 24.2 Å². The van der Waals surface area contributed by atoms with Crippen molar-refractivity contribution >= 4 is 29.7 Å². The molecule has 0 radical (unpaired) electrons. The lowest BCUT2D eigenvalue weighted by atomic mass is 9.71. The maximum atomic E-state index is 12.7. The highest BCUT2D eigenvalue weighted by molar-refractivity contribution is 5.94. The van der Waals surface area contributed by atoms with Gasteiger partial charge in [-0.25, -0.2) is 0 Å². The van der Waals surface area contributed by atoms with Crippen LogP contribution in [-0.4, -0.2) is 35.2 Å². The van der Waals surface area contributed by atoms with Gasteiger partial charge in [0.15, 0.2) is 0 Å². The molecule has 1 amide bonds. The van der Waals surface area contributed by atoms with Crippen LogP contribution in [0.15, 0.2) is 66.7 Å². The maximum Gasteiger partial charge on any atom is 0.310 e. The Labute approximate surface area is 249 Å². The molecule has 2 aromatic carbocycles. The average Bonchev–Trinajstić information content (AvgIpc) is 2.99. The first kappa shape index (κ1) is 31.0. The van der Waals surface area contributed by atoms with Crippen LogP contribution >= 0.6 is 0 Å². The fraction of sp³-hybridized carbons (Fsp3) is 0.400. The quantitative estimate of drug-likeness (QED) is 0.183. The molecule has 3 aromatic rings. The molecule has 0 unspecified atom stereocenters. The van der Waals surface area contributed by atoms with E-state index in [2.05, 4.69) is 22.4 Å². The molecule has 1 heterocycles. The van der Waals surface area contributed by atoms with Crippen LogP contribution in [0.4, 0.5) is 5.69 Å². The minimum Gasteiger partial charge on any atom is -0.494 e. The number of anilines is 1. The number of rotatable bonds is 15. The van der Waals surface area contributed by atoms with Crippen LogP contribution in [0.3, 0.4) is 0 Å². The third-order valence-electron chi connectivity index (χ3n) is 7.70. The number of carbonyl (C=O) groups is 2. The van der Waals surface area contributed by atoms with Gasteiger partial charge >= 0.3 is 5.97 Å². The topological polar surface area (TPSA) is 97.8 Å². The zero-order valence-corrected chi connectivity index (χ0v) is 24.5. The van der Waals surface area contributed by atoms with E-state index in [9.17, 15) is 14.7 Å². The molecule has 1 fully saturated rings. The minimum atomic E-state index is -0.947. The first-order valence-corrected chi connectivity index (χ1v) is 15.0. The smallest absolute Gasteiger partial charge is 0.310 e. The van der Waals surface area contributed by atoms with Gasteiger partial charge in [0, 0.05) is 18.7 Å². The first-order valence-electron chi connectivity index (χ1n) is 15.0. The van der Waals surface area contributed by atoms with E-state index in [1.54, 1.807) is 0 Å². The molecule has 0 atom stereocenters. The van der Waals surface area contributed by atoms with Crippen LogP contribution in [0, 0.1) is 5.41 Å². The average molecular weight is 571 g/mol. The Kier molecular flexibility index (Phi) is 11.7. The molecule has 1 saturated carbocycles. The number of ether oxygens (including phenoxy) is 2. The van der Waals surface area contributed by atoms with E-state index < -0.39 is 11.4 Å². The molecule has 0 saturated heterocycles. The number of amides is 1. The number of aryl methyl sites for hydroxylation is 1. The summed E-state index contributed by atoms with van der Waals surface area (Å²) in [5.41, 5.74) is 3.61. The Hall–Kier alpha value is -3.97. The van der Waals surface area contributed by atoms with Crippen molar-refractivity contribution in [3.05, 3.63) is 89.2 Å². The van der Waals surface area contributed by atoms with Crippen LogP contribution in [-0.2, 0) is 27.4 Å². The van der Waals surface area contributed by atoms with E-state index in [1.165, 1.54) is 5.56 Å². The van der Waals surface area contributed by atoms with Crippen LogP contribution in [0.2, 0.25) is 0 Å². The fourth-order valence-electron chi connectivity index (χ4n) is 5.41. The second-order valence-electron chi connectivity index (χ2n) is 11.0. The number of hydrogen-bond donors (Lipinski definition) is 2. The summed E-state index contributed by atoms with van der Waals surface area (Å²) in [6.07, 6.45) is 10.8. The monoisotopic (exact) mass is 570 g/mol. The summed E-state index contributed by atoms with van der Waals surface area (Å²) in [7, 11) is 0. The summed E-state index contributed by atoms with van der Waals surface area (Å²) < 4.78 is 11.4. The van der Waals surface area contributed by atoms with Crippen molar-refractivity contribution in [1.82, 2.24) is 4.98 Å². The second kappa shape index (κ2) is 15.9. The zero-order valence-electron chi connectivity index (χ0n) is 24.5. The largest absolute Gasteiger partial charge is 0.494 e. The third kappa shape index (κ3) is 9.55. The molecule has 0 bridgehead atoms. The van der Waals surface area contributed by atoms with E-state index in [1.807, 2.05) is 73.7 Å². The highest BCUT2D eigenvalue weighted by Crippen LogP contribution is 2.39. The van der Waals surface area contributed by atoms with Gasteiger partial charge in [-0.15, -0.1) is 0 Å². The van der Waals surface area contributed by atoms with Crippen LogP contribution in [0.25, 0.3) is 12.2 Å². The molecule has 42 heavy (non-hydrogen) atoms. The normalized spacial score (nSPS) is 14.5. The SMILES string of the molecule is CCOc1ccc(CCCCOCc2cccc(/C=C/c3cccc(NC(=O)CC4(C(=O)O)CCCCC4)c3)n2)cc1. The molecule has 1 aliphatic rings. The second-order valence-corrected chi connectivity index (χ2v) is 11.0. The number of aromatic nitrogens is 1. The van der Waals surface area contributed by atoms with E-state index in [-0.39, 0.29) is 12.3 Å². The molecule has 7 nitrogen and oxygen atoms in total. The van der Waals surface area contributed by atoms with Crippen molar-refractivity contribution in [1.29, 1.82) is 0 Å². The molecule has 2 N–H and O–H groups in total. The number of hydrogen-bond acceptors (Lipinski definition) is 5. The first-order chi connectivity index (χ1) is 20.5. The van der Waals surface area contributed by atoms with Crippen LogP contribution in [0.1, 0.15) is 80.8 Å². The van der Waals surface area contributed by atoms with Gasteiger partial charge in [-0.1, -0.05) is 55.7 Å². The van der Waals surface area contributed by atoms with E-state index in [4.69, 9.17) is 9.47 Å². The summed E-state index contributed by atoms with van der Waals surface area (Å²) in [5, 5.41) is 12.7. The third-order valence-corrected chi connectivity index (χ3v) is 7.70. The van der Waals surface area contributed by atoms with Gasteiger partial charge in [0.25, 0.3) is 0 Å². The Morgan fingerprint density at radius 2 is 1.76 bits per heavy atom. The van der Waals surface area contributed by atoms with Crippen molar-refractivity contribution in [3.8, 4) is 5.75 Å².